The lowest BCUT2D eigenvalue weighted by Gasteiger charge is -2.07. The zero-order chi connectivity index (χ0) is 12.5. The van der Waals surface area contributed by atoms with Gasteiger partial charge in [0.05, 0.1) is 0 Å². The van der Waals surface area contributed by atoms with Gasteiger partial charge in [-0.3, -0.25) is 4.72 Å². The number of pyridine rings is 1. The van der Waals surface area contributed by atoms with Crippen LogP contribution in [0.1, 0.15) is 0 Å². The van der Waals surface area contributed by atoms with Crippen molar-refractivity contribution in [1.29, 1.82) is 0 Å². The standard InChI is InChI=1S/C9H7BrClN3O2S/c10-6-4-7(9(11)13-5-6)17(15,16)14-8-2-1-3-12-8/h1-5,12,14H. The highest BCUT2D eigenvalue weighted by Gasteiger charge is 2.19. The van der Waals surface area contributed by atoms with Crippen LogP contribution in [0.2, 0.25) is 5.15 Å². The average Bonchev–Trinajstić information content (AvgIpc) is 2.73. The first kappa shape index (κ1) is 12.4. The second kappa shape index (κ2) is 4.67. The number of rotatable bonds is 3. The van der Waals surface area contributed by atoms with Gasteiger partial charge in [-0.05, 0) is 34.1 Å². The van der Waals surface area contributed by atoms with Gasteiger partial charge in [0.15, 0.2) is 0 Å². The third-order valence-electron chi connectivity index (χ3n) is 1.91. The van der Waals surface area contributed by atoms with Gasteiger partial charge in [-0.25, -0.2) is 13.4 Å². The molecule has 0 saturated heterocycles. The summed E-state index contributed by atoms with van der Waals surface area (Å²) in [6.45, 7) is 0. The van der Waals surface area contributed by atoms with Gasteiger partial charge < -0.3 is 4.98 Å². The number of H-pyrrole nitrogens is 1. The minimum absolute atomic E-state index is 0.0766. The monoisotopic (exact) mass is 335 g/mol. The maximum Gasteiger partial charge on any atom is 0.266 e. The molecule has 8 heteroatoms. The largest absolute Gasteiger partial charge is 0.348 e. The smallest absolute Gasteiger partial charge is 0.266 e. The van der Waals surface area contributed by atoms with Crippen LogP contribution in [0.3, 0.4) is 0 Å². The minimum Gasteiger partial charge on any atom is -0.348 e. The molecule has 2 N–H and O–H groups in total. The molecule has 0 fully saturated rings. The van der Waals surface area contributed by atoms with Crippen LogP contribution < -0.4 is 4.72 Å². The van der Waals surface area contributed by atoms with E-state index in [-0.39, 0.29) is 10.0 Å². The highest BCUT2D eigenvalue weighted by Crippen LogP contribution is 2.24. The molecular weight excluding hydrogens is 330 g/mol. The first-order valence-electron chi connectivity index (χ1n) is 4.46. The number of nitrogens with one attached hydrogen (secondary N) is 2. The molecule has 5 nitrogen and oxygen atoms in total. The number of nitrogens with zero attached hydrogens (tertiary/aromatic N) is 1. The molecule has 2 heterocycles. The molecule has 0 unspecified atom stereocenters. The molecule has 0 aromatic carbocycles. The number of aromatic nitrogens is 2. The molecule has 2 aromatic rings. The Kier molecular flexibility index (Phi) is 3.41. The molecule has 0 radical (unpaired) electrons. The fourth-order valence-electron chi connectivity index (χ4n) is 1.19. The van der Waals surface area contributed by atoms with Crippen LogP contribution in [0, 0.1) is 0 Å². The summed E-state index contributed by atoms with van der Waals surface area (Å²) in [6, 6.07) is 4.66. The van der Waals surface area contributed by atoms with Crippen molar-refractivity contribution in [2.45, 2.75) is 4.90 Å². The minimum atomic E-state index is -3.74. The molecule has 0 bridgehead atoms. The van der Waals surface area contributed by atoms with Crippen molar-refractivity contribution in [3.8, 4) is 0 Å². The molecule has 0 saturated carbocycles. The van der Waals surface area contributed by atoms with Gasteiger partial charge in [0.25, 0.3) is 10.0 Å². The zero-order valence-corrected chi connectivity index (χ0v) is 11.5. The normalized spacial score (nSPS) is 11.4. The lowest BCUT2D eigenvalue weighted by atomic mass is 10.5. The van der Waals surface area contributed by atoms with Crippen LogP contribution in [0.4, 0.5) is 5.82 Å². The number of hydrogen-bond acceptors (Lipinski definition) is 3. The second-order valence-corrected chi connectivity index (χ2v) is 6.06. The Balaban J connectivity index is 2.41. The van der Waals surface area contributed by atoms with Crippen molar-refractivity contribution in [2.24, 2.45) is 0 Å². The van der Waals surface area contributed by atoms with E-state index in [9.17, 15) is 8.42 Å². The van der Waals surface area contributed by atoms with Crippen LogP contribution >= 0.6 is 27.5 Å². The third kappa shape index (κ3) is 2.80. The fraction of sp³-hybridized carbons (Fsp3) is 0. The Morgan fingerprint density at radius 3 is 2.88 bits per heavy atom. The van der Waals surface area contributed by atoms with Crippen molar-refractivity contribution in [3.63, 3.8) is 0 Å². The number of hydrogen-bond donors (Lipinski definition) is 2. The quantitative estimate of drug-likeness (QED) is 0.846. The van der Waals surface area contributed by atoms with Gasteiger partial charge in [0.2, 0.25) is 0 Å². The topological polar surface area (TPSA) is 74.8 Å². The highest BCUT2D eigenvalue weighted by molar-refractivity contribution is 9.10. The Bertz CT molecular complexity index is 628. The van der Waals surface area contributed by atoms with Crippen LogP contribution in [0.25, 0.3) is 0 Å². The Labute approximate surface area is 111 Å². The fourth-order valence-corrected chi connectivity index (χ4v) is 3.16. The first-order valence-corrected chi connectivity index (χ1v) is 7.12. The van der Waals surface area contributed by atoms with E-state index < -0.39 is 10.0 Å². The lowest BCUT2D eigenvalue weighted by molar-refractivity contribution is 0.600. The summed E-state index contributed by atoms with van der Waals surface area (Å²) >= 11 is 8.91. The lowest BCUT2D eigenvalue weighted by Crippen LogP contribution is -2.14. The van der Waals surface area contributed by atoms with Crippen molar-refractivity contribution in [2.75, 3.05) is 4.72 Å². The summed E-state index contributed by atoms with van der Waals surface area (Å²) in [4.78, 5) is 6.41. The van der Waals surface area contributed by atoms with Crippen molar-refractivity contribution < 1.29 is 8.42 Å². The molecule has 90 valence electrons. The predicted octanol–water partition coefficient (Wildman–Crippen LogP) is 2.63. The summed E-state index contributed by atoms with van der Waals surface area (Å²) < 4.78 is 26.9. The van der Waals surface area contributed by atoms with Crippen LogP contribution in [0.5, 0.6) is 0 Å². The van der Waals surface area contributed by atoms with E-state index in [1.807, 2.05) is 0 Å². The second-order valence-electron chi connectivity index (χ2n) is 3.13. The Hall–Kier alpha value is -1.05. The van der Waals surface area contributed by atoms with Crippen molar-refractivity contribution >= 4 is 43.4 Å². The number of halogens is 2. The van der Waals surface area contributed by atoms with Gasteiger partial charge in [-0.1, -0.05) is 11.6 Å². The number of sulfonamides is 1. The number of anilines is 1. The van der Waals surface area contributed by atoms with E-state index >= 15 is 0 Å². The maximum absolute atomic E-state index is 12.0. The molecule has 17 heavy (non-hydrogen) atoms. The molecule has 0 atom stereocenters. The van der Waals surface area contributed by atoms with Crippen molar-refractivity contribution in [3.05, 3.63) is 40.2 Å². The molecule has 0 aliphatic rings. The molecule has 0 aliphatic heterocycles. The van der Waals surface area contributed by atoms with E-state index in [1.54, 1.807) is 18.3 Å². The molecule has 0 amide bonds. The summed E-state index contributed by atoms with van der Waals surface area (Å²) in [7, 11) is -3.74. The Morgan fingerprint density at radius 1 is 1.47 bits per heavy atom. The van der Waals surface area contributed by atoms with E-state index in [0.717, 1.165) is 0 Å². The van der Waals surface area contributed by atoms with E-state index in [0.29, 0.717) is 10.3 Å². The molecule has 2 rings (SSSR count). The Morgan fingerprint density at radius 2 is 2.24 bits per heavy atom. The molecule has 0 aliphatic carbocycles. The van der Waals surface area contributed by atoms with Crippen LogP contribution in [0.15, 0.2) is 40.0 Å². The van der Waals surface area contributed by atoms with Crippen LogP contribution in [-0.4, -0.2) is 18.4 Å². The average molecular weight is 337 g/mol. The summed E-state index contributed by atoms with van der Waals surface area (Å²) in [5.41, 5.74) is 0. The highest BCUT2D eigenvalue weighted by atomic mass is 79.9. The van der Waals surface area contributed by atoms with Crippen molar-refractivity contribution in [1.82, 2.24) is 9.97 Å². The summed E-state index contributed by atoms with van der Waals surface area (Å²) in [5.74, 6) is 0.362. The molecular formula is C9H7BrClN3O2S. The molecule has 2 aromatic heterocycles. The van der Waals surface area contributed by atoms with E-state index in [4.69, 9.17) is 11.6 Å². The van der Waals surface area contributed by atoms with Gasteiger partial charge in [0, 0.05) is 16.9 Å². The van der Waals surface area contributed by atoms with Gasteiger partial charge in [-0.15, -0.1) is 0 Å². The predicted molar refractivity (Wildman–Crippen MR) is 68.5 cm³/mol. The third-order valence-corrected chi connectivity index (χ3v) is 4.13. The van der Waals surface area contributed by atoms with Gasteiger partial charge in [-0.2, -0.15) is 0 Å². The molecule has 0 spiro atoms. The first-order chi connectivity index (χ1) is 7.99. The maximum atomic E-state index is 12.0. The summed E-state index contributed by atoms with van der Waals surface area (Å²) in [6.07, 6.45) is 3.04. The zero-order valence-electron chi connectivity index (χ0n) is 8.31. The van der Waals surface area contributed by atoms with E-state index in [2.05, 4.69) is 30.6 Å². The van der Waals surface area contributed by atoms with Gasteiger partial charge in [0.1, 0.15) is 15.9 Å². The number of aromatic amines is 1. The summed E-state index contributed by atoms with van der Waals surface area (Å²) in [5, 5.41) is -0.0766. The van der Waals surface area contributed by atoms with Gasteiger partial charge >= 0.3 is 0 Å². The van der Waals surface area contributed by atoms with Crippen LogP contribution in [-0.2, 0) is 10.0 Å². The van der Waals surface area contributed by atoms with E-state index in [1.165, 1.54) is 12.3 Å². The SMILES string of the molecule is O=S(=O)(Nc1ccc[nH]1)c1cc(Br)cnc1Cl.